The number of fused-ring (bicyclic) bond motifs is 3. The molecule has 0 aliphatic carbocycles. The summed E-state index contributed by atoms with van der Waals surface area (Å²) >= 11 is 0. The molecular weight excluding hydrogens is 248 g/mol. The number of nitrogens with zero attached hydrogens (tertiary/aromatic N) is 2. The Hall–Kier alpha value is -1.80. The predicted molar refractivity (Wildman–Crippen MR) is 67.6 cm³/mol. The van der Waals surface area contributed by atoms with Gasteiger partial charge in [0.15, 0.2) is 4.91 Å². The molecule has 0 unspecified atom stereocenters. The number of anilines is 1. The van der Waals surface area contributed by atoms with Gasteiger partial charge in [-0.3, -0.25) is 0 Å². The number of allylic oxidation sites excluding steroid dienone is 2. The second-order valence-electron chi connectivity index (χ2n) is 4.62. The van der Waals surface area contributed by atoms with Crippen LogP contribution in [0.15, 0.2) is 33.7 Å². The molecule has 0 radical (unpaired) electrons. The Kier molecular flexibility index (Phi) is 2.26. The summed E-state index contributed by atoms with van der Waals surface area (Å²) in [5.74, 6) is 0. The smallest absolute Gasteiger partial charge is 0.220 e. The maximum Gasteiger partial charge on any atom is 0.220 e. The van der Waals surface area contributed by atoms with Crippen molar-refractivity contribution < 1.29 is 8.42 Å². The van der Waals surface area contributed by atoms with Gasteiger partial charge in [0.25, 0.3) is 0 Å². The molecule has 0 amide bonds. The van der Waals surface area contributed by atoms with E-state index in [9.17, 15) is 8.42 Å². The van der Waals surface area contributed by atoms with E-state index in [0.29, 0.717) is 17.8 Å². The van der Waals surface area contributed by atoms with Gasteiger partial charge in [-0.1, -0.05) is 6.07 Å². The van der Waals surface area contributed by atoms with Crippen LogP contribution >= 0.6 is 0 Å². The summed E-state index contributed by atoms with van der Waals surface area (Å²) in [7, 11) is -3.63. The molecule has 1 fully saturated rings. The molecule has 3 rings (SSSR count). The molecule has 5 heteroatoms. The van der Waals surface area contributed by atoms with E-state index in [-0.39, 0.29) is 9.80 Å². The third-order valence-corrected chi connectivity index (χ3v) is 5.22. The molecule has 1 saturated heterocycles. The molecular formula is C13H12N2O2S. The molecule has 92 valence electrons. The van der Waals surface area contributed by atoms with Crippen LogP contribution in [0.1, 0.15) is 18.4 Å². The lowest BCUT2D eigenvalue weighted by Gasteiger charge is -2.28. The fraction of sp³-hybridized carbons (Fsp3) is 0.308. The Morgan fingerprint density at radius 2 is 2.17 bits per heavy atom. The first-order valence-electron chi connectivity index (χ1n) is 5.82. The summed E-state index contributed by atoms with van der Waals surface area (Å²) in [5, 5.41) is 9.15. The number of aryl methyl sites for hydroxylation is 1. The van der Waals surface area contributed by atoms with Gasteiger partial charge < -0.3 is 4.90 Å². The maximum atomic E-state index is 12.4. The van der Waals surface area contributed by atoms with Crippen LogP contribution < -0.4 is 4.90 Å². The Morgan fingerprint density at radius 1 is 1.39 bits per heavy atom. The second-order valence-corrected chi connectivity index (χ2v) is 6.47. The molecule has 0 aromatic heterocycles. The standard InChI is InChI=1S/C13H12N2O2S/c1-9-4-5-11-12(7-9)18(16,17)13(8-14)10-3-2-6-15(10)11/h4-5,7H,2-3,6H2,1H3. The van der Waals surface area contributed by atoms with Gasteiger partial charge in [0.05, 0.1) is 10.6 Å². The van der Waals surface area contributed by atoms with Crippen molar-refractivity contribution in [3.8, 4) is 6.07 Å². The maximum absolute atomic E-state index is 12.4. The minimum atomic E-state index is -3.63. The molecule has 2 aliphatic rings. The van der Waals surface area contributed by atoms with E-state index >= 15 is 0 Å². The quantitative estimate of drug-likeness (QED) is 0.717. The lowest BCUT2D eigenvalue weighted by molar-refractivity contribution is 0.601. The Bertz CT molecular complexity index is 711. The molecule has 18 heavy (non-hydrogen) atoms. The highest BCUT2D eigenvalue weighted by Gasteiger charge is 2.38. The Labute approximate surface area is 106 Å². The third kappa shape index (κ3) is 1.33. The highest BCUT2D eigenvalue weighted by molar-refractivity contribution is 7.95. The van der Waals surface area contributed by atoms with Crippen LogP contribution in [0.2, 0.25) is 0 Å². The second kappa shape index (κ2) is 3.59. The largest absolute Gasteiger partial charge is 0.342 e. The predicted octanol–water partition coefficient (Wildman–Crippen LogP) is 2.12. The molecule has 1 aromatic carbocycles. The molecule has 0 atom stereocenters. The van der Waals surface area contributed by atoms with Gasteiger partial charge >= 0.3 is 0 Å². The van der Waals surface area contributed by atoms with Crippen molar-refractivity contribution in [1.82, 2.24) is 0 Å². The average Bonchev–Trinajstić information content (AvgIpc) is 2.78. The van der Waals surface area contributed by atoms with Crippen LogP contribution in [-0.2, 0) is 9.84 Å². The van der Waals surface area contributed by atoms with Crippen LogP contribution in [0.25, 0.3) is 0 Å². The van der Waals surface area contributed by atoms with Crippen molar-refractivity contribution in [3.63, 3.8) is 0 Å². The van der Waals surface area contributed by atoms with E-state index in [1.807, 2.05) is 30.0 Å². The molecule has 2 heterocycles. The van der Waals surface area contributed by atoms with Crippen LogP contribution in [0.4, 0.5) is 5.69 Å². The number of benzene rings is 1. The van der Waals surface area contributed by atoms with Crippen molar-refractivity contribution in [1.29, 1.82) is 5.26 Å². The van der Waals surface area contributed by atoms with E-state index in [0.717, 1.165) is 18.5 Å². The van der Waals surface area contributed by atoms with Crippen LogP contribution in [0, 0.1) is 18.3 Å². The van der Waals surface area contributed by atoms with Gasteiger partial charge in [-0.05, 0) is 37.5 Å². The fourth-order valence-corrected chi connectivity index (χ4v) is 4.28. The topological polar surface area (TPSA) is 61.2 Å². The lowest BCUT2D eigenvalue weighted by Crippen LogP contribution is -2.26. The number of sulfone groups is 1. The third-order valence-electron chi connectivity index (χ3n) is 3.45. The minimum absolute atomic E-state index is 0.0712. The van der Waals surface area contributed by atoms with Crippen molar-refractivity contribution in [2.75, 3.05) is 11.4 Å². The summed E-state index contributed by atoms with van der Waals surface area (Å²) in [5.41, 5.74) is 2.26. The summed E-state index contributed by atoms with van der Waals surface area (Å²) in [6.45, 7) is 2.64. The normalized spacial score (nSPS) is 20.3. The first-order valence-corrected chi connectivity index (χ1v) is 7.30. The summed E-state index contributed by atoms with van der Waals surface area (Å²) in [6.07, 6.45) is 1.55. The van der Waals surface area contributed by atoms with E-state index < -0.39 is 9.84 Å². The molecule has 4 nitrogen and oxygen atoms in total. The number of nitriles is 1. The summed E-state index contributed by atoms with van der Waals surface area (Å²) in [4.78, 5) is 2.16. The molecule has 2 aliphatic heterocycles. The van der Waals surface area contributed by atoms with Gasteiger partial charge in [0.1, 0.15) is 6.07 Å². The van der Waals surface area contributed by atoms with Crippen molar-refractivity contribution in [2.45, 2.75) is 24.7 Å². The van der Waals surface area contributed by atoms with E-state index in [1.54, 1.807) is 6.07 Å². The fourth-order valence-electron chi connectivity index (χ4n) is 2.63. The van der Waals surface area contributed by atoms with Gasteiger partial charge in [-0.15, -0.1) is 0 Å². The molecule has 0 bridgehead atoms. The highest BCUT2D eigenvalue weighted by atomic mass is 32.2. The number of rotatable bonds is 0. The minimum Gasteiger partial charge on any atom is -0.342 e. The zero-order chi connectivity index (χ0) is 12.9. The molecule has 1 aromatic rings. The van der Waals surface area contributed by atoms with E-state index in [2.05, 4.69) is 0 Å². The molecule has 0 spiro atoms. The summed E-state index contributed by atoms with van der Waals surface area (Å²) in [6, 6.07) is 7.27. The Balaban J connectivity index is 2.39. The Morgan fingerprint density at radius 3 is 2.89 bits per heavy atom. The zero-order valence-electron chi connectivity index (χ0n) is 9.97. The van der Waals surface area contributed by atoms with Gasteiger partial charge in [0.2, 0.25) is 9.84 Å². The van der Waals surface area contributed by atoms with Gasteiger partial charge in [-0.2, -0.15) is 5.26 Å². The van der Waals surface area contributed by atoms with Crippen molar-refractivity contribution in [2.24, 2.45) is 0 Å². The van der Waals surface area contributed by atoms with E-state index in [4.69, 9.17) is 5.26 Å². The van der Waals surface area contributed by atoms with Crippen LogP contribution in [0.5, 0.6) is 0 Å². The zero-order valence-corrected chi connectivity index (χ0v) is 10.8. The monoisotopic (exact) mass is 260 g/mol. The number of hydrogen-bond acceptors (Lipinski definition) is 4. The first kappa shape index (κ1) is 11.3. The highest BCUT2D eigenvalue weighted by Crippen LogP contribution is 2.43. The number of hydrogen-bond donors (Lipinski definition) is 0. The lowest BCUT2D eigenvalue weighted by atomic mass is 10.2. The van der Waals surface area contributed by atoms with Crippen LogP contribution in [0.3, 0.4) is 0 Å². The van der Waals surface area contributed by atoms with Gasteiger partial charge in [-0.25, -0.2) is 8.42 Å². The SMILES string of the molecule is Cc1ccc2c(c1)S(=O)(=O)C(C#N)=C1CCCN12. The van der Waals surface area contributed by atoms with Crippen molar-refractivity contribution in [3.05, 3.63) is 34.4 Å². The van der Waals surface area contributed by atoms with Gasteiger partial charge in [0, 0.05) is 12.2 Å². The average molecular weight is 260 g/mol. The van der Waals surface area contributed by atoms with Crippen LogP contribution in [-0.4, -0.2) is 15.0 Å². The first-order chi connectivity index (χ1) is 8.55. The van der Waals surface area contributed by atoms with Crippen molar-refractivity contribution >= 4 is 15.5 Å². The molecule has 0 saturated carbocycles. The summed E-state index contributed by atoms with van der Waals surface area (Å²) < 4.78 is 24.8. The molecule has 0 N–H and O–H groups in total. The van der Waals surface area contributed by atoms with E-state index in [1.165, 1.54) is 0 Å².